The predicted molar refractivity (Wildman–Crippen MR) is 266 cm³/mol. The van der Waals surface area contributed by atoms with Crippen LogP contribution in [0.5, 0.6) is 11.8 Å². The number of nitrogens with one attached hydrogen (secondary N) is 1. The number of nitrogens with zero attached hydrogens (tertiary/aromatic N) is 9. The summed E-state index contributed by atoms with van der Waals surface area (Å²) in [4.78, 5) is 30.4. The van der Waals surface area contributed by atoms with Gasteiger partial charge in [-0.3, -0.25) is 8.80 Å². The van der Waals surface area contributed by atoms with Crippen LogP contribution in [0.1, 0.15) is 67.0 Å². The van der Waals surface area contributed by atoms with Crippen LogP contribution >= 0.6 is 31.9 Å². The van der Waals surface area contributed by atoms with Gasteiger partial charge >= 0.3 is 44.3 Å². The second-order valence-electron chi connectivity index (χ2n) is 16.2. The van der Waals surface area contributed by atoms with Crippen LogP contribution in [0.25, 0.3) is 22.4 Å². The number of carbonyl (C=O) groups excluding carboxylic acids is 2. The number of pyridine rings is 5. The molecule has 0 atom stereocenters. The van der Waals surface area contributed by atoms with E-state index in [2.05, 4.69) is 86.8 Å². The first kappa shape index (κ1) is 71.1. The van der Waals surface area contributed by atoms with Crippen molar-refractivity contribution >= 4 is 73.5 Å². The molecule has 7 aromatic rings. The third-order valence-electron chi connectivity index (χ3n) is 9.88. The summed E-state index contributed by atoms with van der Waals surface area (Å²) in [6.07, 6.45) is -15.1. The number of fused-ring (bicyclic) bond motifs is 2. The molecular formula is C45H44BBr2F16N11O7. The number of esters is 2. The van der Waals surface area contributed by atoms with E-state index in [-0.39, 0.29) is 37.4 Å². The van der Waals surface area contributed by atoms with Crippen LogP contribution in [0.3, 0.4) is 0 Å². The molecule has 0 aromatic carbocycles. The fraction of sp³-hybridized carbons (Fsp3) is 0.356. The highest BCUT2D eigenvalue weighted by Gasteiger charge is 2.52. The lowest BCUT2D eigenvalue weighted by Gasteiger charge is -2.32. The van der Waals surface area contributed by atoms with Crippen molar-refractivity contribution in [1.29, 1.82) is 0 Å². The number of anilines is 1. The lowest BCUT2D eigenvalue weighted by molar-refractivity contribution is -0.174. The van der Waals surface area contributed by atoms with Crippen LogP contribution in [-0.4, -0.2) is 113 Å². The van der Waals surface area contributed by atoms with Gasteiger partial charge in [0.2, 0.25) is 11.6 Å². The molecule has 450 valence electrons. The minimum Gasteiger partial charge on any atom is -0.466 e. The standard InChI is InChI=1S/C14H8F6N4O.C13H16BF4NO3.C7H4BrF2N3.C5H6BrN3.C4H2F4O3.2CH4/c15-9-3-8(4-21-13(9)25-6-14(18,19)20)7-1-2-10-22-23-12(11(16)17)24(10)5-7;1-11(2)12(3,4)22-14(21-11)8-5-9(15)10(19-6-8)20-7-13(16,17)18;8-4-1-2-5-11-12-7(6(9)10)13(5)3-4;6-4-1-2-5(9-7)8-3-4;5-1(6)3(9)11-4(10)2(7)8;;/h1-5,11H,6H2;5-6H,7H2,1-4H3;1-3,6H;1-3H,7H2,(H,8,9);1-2H;2*1H4. The maximum atomic E-state index is 13.9. The van der Waals surface area contributed by atoms with Gasteiger partial charge in [0, 0.05) is 56.5 Å². The predicted octanol–water partition coefficient (Wildman–Crippen LogP) is 11.7. The highest BCUT2D eigenvalue weighted by molar-refractivity contribution is 9.10. The average molecular weight is 1330 g/mol. The Morgan fingerprint density at radius 3 is 1.50 bits per heavy atom. The van der Waals surface area contributed by atoms with Crippen molar-refractivity contribution in [2.45, 2.75) is 91.8 Å². The van der Waals surface area contributed by atoms with E-state index in [4.69, 9.17) is 15.2 Å². The highest BCUT2D eigenvalue weighted by Crippen LogP contribution is 2.37. The zero-order valence-electron chi connectivity index (χ0n) is 40.6. The van der Waals surface area contributed by atoms with E-state index in [0.717, 1.165) is 27.2 Å². The Balaban J connectivity index is 0.000000366. The fourth-order valence-corrected chi connectivity index (χ4v) is 6.12. The van der Waals surface area contributed by atoms with Crippen LogP contribution in [-0.2, 0) is 23.6 Å². The lowest BCUT2D eigenvalue weighted by atomic mass is 9.80. The maximum absolute atomic E-state index is 13.9. The molecule has 0 radical (unpaired) electrons. The second-order valence-corrected chi connectivity index (χ2v) is 18.1. The molecule has 0 unspecified atom stereocenters. The number of rotatable bonds is 11. The Morgan fingerprint density at radius 2 is 1.09 bits per heavy atom. The summed E-state index contributed by atoms with van der Waals surface area (Å²) in [5, 5.41) is 13.9. The number of hydrogen-bond acceptors (Lipinski definition) is 16. The first-order chi connectivity index (χ1) is 37.1. The molecule has 8 rings (SSSR count). The first-order valence-electron chi connectivity index (χ1n) is 21.5. The summed E-state index contributed by atoms with van der Waals surface area (Å²) in [5.41, 5.74) is 2.51. The summed E-state index contributed by atoms with van der Waals surface area (Å²) in [6, 6.07) is 11.7. The summed E-state index contributed by atoms with van der Waals surface area (Å²) in [6.45, 7) is 4.04. The second kappa shape index (κ2) is 30.4. The van der Waals surface area contributed by atoms with Crippen molar-refractivity contribution in [3.63, 3.8) is 0 Å². The van der Waals surface area contributed by atoms with Gasteiger partial charge in [-0.25, -0.2) is 56.7 Å². The van der Waals surface area contributed by atoms with Gasteiger partial charge in [-0.1, -0.05) is 14.9 Å². The fourth-order valence-electron chi connectivity index (χ4n) is 5.55. The number of carbonyl (C=O) groups is 2. The van der Waals surface area contributed by atoms with Crippen molar-refractivity contribution < 1.29 is 103 Å². The molecule has 7 aromatic heterocycles. The molecule has 3 N–H and O–H groups in total. The van der Waals surface area contributed by atoms with E-state index in [9.17, 15) is 79.8 Å². The Kier molecular flexibility index (Phi) is 26.3. The van der Waals surface area contributed by atoms with Crippen LogP contribution < -0.4 is 26.2 Å². The molecule has 37 heteroatoms. The van der Waals surface area contributed by atoms with E-state index in [1.165, 1.54) is 35.1 Å². The van der Waals surface area contributed by atoms with E-state index in [0.29, 0.717) is 21.5 Å². The molecule has 1 aliphatic rings. The van der Waals surface area contributed by atoms with Gasteiger partial charge in [-0.05, 0) is 108 Å². The molecule has 18 nitrogen and oxygen atoms in total. The largest absolute Gasteiger partial charge is 0.496 e. The quantitative estimate of drug-likeness (QED) is 0.0307. The third kappa shape index (κ3) is 21.1. The number of ether oxygens (including phenoxy) is 3. The van der Waals surface area contributed by atoms with Gasteiger partial charge in [0.1, 0.15) is 5.82 Å². The van der Waals surface area contributed by atoms with Crippen molar-refractivity contribution in [1.82, 2.24) is 44.1 Å². The van der Waals surface area contributed by atoms with E-state index in [1.54, 1.807) is 24.4 Å². The van der Waals surface area contributed by atoms with Gasteiger partial charge in [-0.15, -0.1) is 20.4 Å². The Labute approximate surface area is 470 Å². The van der Waals surface area contributed by atoms with Crippen LogP contribution in [0.2, 0.25) is 0 Å². The van der Waals surface area contributed by atoms with E-state index >= 15 is 0 Å². The molecule has 82 heavy (non-hydrogen) atoms. The molecule has 0 saturated carbocycles. The number of hydrazine groups is 1. The minimum atomic E-state index is -4.63. The maximum Gasteiger partial charge on any atom is 0.496 e. The number of alkyl halides is 14. The average Bonchev–Trinajstić information content (AvgIpc) is 4.06. The monoisotopic (exact) mass is 1320 g/mol. The molecule has 0 bridgehead atoms. The molecule has 0 spiro atoms. The number of hydrogen-bond donors (Lipinski definition) is 2. The van der Waals surface area contributed by atoms with Crippen molar-refractivity contribution in [3.05, 3.63) is 112 Å². The molecular weight excluding hydrogens is 1280 g/mol. The normalized spacial score (nSPS) is 13.3. The van der Waals surface area contributed by atoms with Crippen molar-refractivity contribution in [2.75, 3.05) is 18.6 Å². The molecule has 8 heterocycles. The third-order valence-corrected chi connectivity index (χ3v) is 10.8. The molecule has 1 saturated heterocycles. The van der Waals surface area contributed by atoms with Crippen LogP contribution in [0.15, 0.2) is 88.5 Å². The summed E-state index contributed by atoms with van der Waals surface area (Å²) >= 11 is 6.42. The Hall–Kier alpha value is -6.99. The van der Waals surface area contributed by atoms with Gasteiger partial charge in [0.05, 0.1) is 11.2 Å². The molecule has 0 amide bonds. The SMILES string of the molecule is C.C.CC1(C)OB(c2cnc(OCC(F)(F)F)c(F)c2)OC1(C)C.FC(F)c1nnc2ccc(Br)cn12.Fc1cc(-c2ccc3nnc(C(F)F)n3c2)cnc1OCC(F)(F)F.NNc1ccc(Br)cn1.O=C(OC(=O)C(F)F)C(F)F. The first-order valence-corrected chi connectivity index (χ1v) is 23.1. The minimum absolute atomic E-state index is 0. The number of halogens is 18. The topological polar surface area (TPSA) is 217 Å². The Morgan fingerprint density at radius 1 is 0.634 bits per heavy atom. The number of aromatic nitrogens is 9. The highest BCUT2D eigenvalue weighted by atomic mass is 79.9. The smallest absolute Gasteiger partial charge is 0.466 e. The number of nitrogen functional groups attached to an aromatic ring is 1. The zero-order chi connectivity index (χ0) is 60.1. The van der Waals surface area contributed by atoms with Gasteiger partial charge < -0.3 is 28.9 Å². The van der Waals surface area contributed by atoms with Gasteiger partial charge in [0.15, 0.2) is 36.1 Å². The number of nitrogens with two attached hydrogens (primary N) is 1. The van der Waals surface area contributed by atoms with E-state index < -0.39 is 111 Å². The van der Waals surface area contributed by atoms with Crippen LogP contribution in [0, 0.1) is 11.6 Å². The van der Waals surface area contributed by atoms with Crippen molar-refractivity contribution in [2.24, 2.45) is 5.84 Å². The summed E-state index contributed by atoms with van der Waals surface area (Å²) in [7, 11) is -0.844. The van der Waals surface area contributed by atoms with Gasteiger partial charge in [-0.2, -0.15) is 43.9 Å². The van der Waals surface area contributed by atoms with E-state index in [1.807, 2.05) is 33.8 Å². The van der Waals surface area contributed by atoms with Gasteiger partial charge in [0.25, 0.3) is 24.6 Å². The molecule has 1 fully saturated rings. The van der Waals surface area contributed by atoms with Crippen LogP contribution in [0.4, 0.5) is 76.1 Å². The Bertz CT molecular complexity index is 3150. The molecule has 0 aliphatic carbocycles. The van der Waals surface area contributed by atoms with Crippen molar-refractivity contribution in [3.8, 4) is 22.9 Å². The summed E-state index contributed by atoms with van der Waals surface area (Å²) in [5.74, 6) is -3.35. The zero-order valence-corrected chi connectivity index (χ0v) is 43.7. The molecule has 1 aliphatic heterocycles. The summed E-state index contributed by atoms with van der Waals surface area (Å²) < 4.78 is 222. The lowest BCUT2D eigenvalue weighted by Crippen LogP contribution is -2.41.